The highest BCUT2D eigenvalue weighted by Gasteiger charge is 2.29. The summed E-state index contributed by atoms with van der Waals surface area (Å²) in [5.74, 6) is -0.712. The first-order valence-electron chi connectivity index (χ1n) is 9.68. The molecule has 0 saturated carbocycles. The predicted molar refractivity (Wildman–Crippen MR) is 110 cm³/mol. The number of rotatable bonds is 7. The fraction of sp³-hybridized carbons (Fsp3) is 0.333. The van der Waals surface area contributed by atoms with Crippen LogP contribution in [0.25, 0.3) is 0 Å². The van der Waals surface area contributed by atoms with E-state index in [1.54, 1.807) is 4.90 Å². The van der Waals surface area contributed by atoms with Crippen LogP contribution in [-0.4, -0.2) is 68.9 Å². The lowest BCUT2D eigenvalue weighted by Gasteiger charge is -2.33. The number of piperazine rings is 1. The Morgan fingerprint density at radius 1 is 1.00 bits per heavy atom. The Hall–Kier alpha value is -2.98. The maximum Gasteiger partial charge on any atom is 0.338 e. The van der Waals surface area contributed by atoms with E-state index >= 15 is 0 Å². The van der Waals surface area contributed by atoms with E-state index in [0.29, 0.717) is 18.8 Å². The van der Waals surface area contributed by atoms with Crippen LogP contribution in [0.4, 0.5) is 4.39 Å². The lowest BCUT2D eigenvalue weighted by molar-refractivity contribution is -0.129. The van der Waals surface area contributed by atoms with Crippen LogP contribution < -0.4 is 4.74 Å². The second-order valence-corrected chi connectivity index (χ2v) is 8.81. The molecule has 0 atom stereocenters. The van der Waals surface area contributed by atoms with Gasteiger partial charge in [0, 0.05) is 33.1 Å². The van der Waals surface area contributed by atoms with Crippen molar-refractivity contribution in [3.63, 3.8) is 0 Å². The summed E-state index contributed by atoms with van der Waals surface area (Å²) in [6.45, 7) is 2.49. The van der Waals surface area contributed by atoms with Gasteiger partial charge < -0.3 is 14.4 Å². The number of benzene rings is 2. The van der Waals surface area contributed by atoms with Gasteiger partial charge in [-0.1, -0.05) is 6.07 Å². The van der Waals surface area contributed by atoms with Crippen LogP contribution in [0, 0.1) is 5.82 Å². The molecule has 1 amide bonds. The monoisotopic (exact) mass is 450 g/mol. The molecular weight excluding hydrogens is 427 g/mol. The van der Waals surface area contributed by atoms with Crippen molar-refractivity contribution >= 4 is 21.9 Å². The average Bonchev–Trinajstić information content (AvgIpc) is 2.78. The minimum absolute atomic E-state index is 0.0132. The topological polar surface area (TPSA) is 93.2 Å². The minimum Gasteiger partial charge on any atom is -0.490 e. The number of esters is 1. The normalized spacial score (nSPS) is 14.8. The Morgan fingerprint density at radius 3 is 2.32 bits per heavy atom. The fourth-order valence-electron chi connectivity index (χ4n) is 3.08. The summed E-state index contributed by atoms with van der Waals surface area (Å²) in [7, 11) is -3.80. The SMILES string of the molecule is CC(=O)N1CCN(S(=O)(=O)c2cccc(C(=O)OCCOc3ccc(F)cc3)c2)CC1. The van der Waals surface area contributed by atoms with Gasteiger partial charge in [-0.05, 0) is 42.5 Å². The molecule has 31 heavy (non-hydrogen) atoms. The molecule has 1 saturated heterocycles. The maximum atomic E-state index is 12.9. The van der Waals surface area contributed by atoms with E-state index in [1.807, 2.05) is 0 Å². The zero-order valence-electron chi connectivity index (χ0n) is 17.0. The van der Waals surface area contributed by atoms with Crippen molar-refractivity contribution in [2.24, 2.45) is 0 Å². The van der Waals surface area contributed by atoms with Crippen LogP contribution in [-0.2, 0) is 19.6 Å². The second-order valence-electron chi connectivity index (χ2n) is 6.88. The molecule has 0 spiro atoms. The molecule has 1 heterocycles. The lowest BCUT2D eigenvalue weighted by Crippen LogP contribution is -2.49. The van der Waals surface area contributed by atoms with E-state index < -0.39 is 16.0 Å². The number of amides is 1. The van der Waals surface area contributed by atoms with Crippen molar-refractivity contribution in [3.05, 3.63) is 59.9 Å². The molecule has 0 aliphatic carbocycles. The number of ether oxygens (including phenoxy) is 2. The summed E-state index contributed by atoms with van der Waals surface area (Å²) < 4.78 is 50.5. The van der Waals surface area contributed by atoms with E-state index in [2.05, 4.69) is 0 Å². The Kier molecular flexibility index (Phi) is 7.24. The molecule has 0 unspecified atom stereocenters. The summed E-state index contributed by atoms with van der Waals surface area (Å²) in [5.41, 5.74) is 0.102. The highest BCUT2D eigenvalue weighted by molar-refractivity contribution is 7.89. The number of halogens is 1. The third kappa shape index (κ3) is 5.80. The van der Waals surface area contributed by atoms with E-state index in [-0.39, 0.29) is 48.5 Å². The van der Waals surface area contributed by atoms with Gasteiger partial charge in [0.1, 0.15) is 24.8 Å². The summed E-state index contributed by atoms with van der Waals surface area (Å²) in [4.78, 5) is 25.3. The quantitative estimate of drug-likeness (QED) is 0.473. The summed E-state index contributed by atoms with van der Waals surface area (Å²) in [6, 6.07) is 11.1. The van der Waals surface area contributed by atoms with Gasteiger partial charge in [-0.3, -0.25) is 4.79 Å². The van der Waals surface area contributed by atoms with Crippen molar-refractivity contribution in [2.45, 2.75) is 11.8 Å². The summed E-state index contributed by atoms with van der Waals surface area (Å²) in [5, 5.41) is 0. The van der Waals surface area contributed by atoms with Gasteiger partial charge in [-0.25, -0.2) is 17.6 Å². The molecule has 3 rings (SSSR count). The number of hydrogen-bond donors (Lipinski definition) is 0. The highest BCUT2D eigenvalue weighted by Crippen LogP contribution is 2.19. The van der Waals surface area contributed by atoms with Crippen LogP contribution in [0.15, 0.2) is 53.4 Å². The fourth-order valence-corrected chi connectivity index (χ4v) is 4.55. The molecule has 0 N–H and O–H groups in total. The van der Waals surface area contributed by atoms with Gasteiger partial charge in [0.15, 0.2) is 0 Å². The molecule has 2 aromatic rings. The van der Waals surface area contributed by atoms with Crippen molar-refractivity contribution in [2.75, 3.05) is 39.4 Å². The van der Waals surface area contributed by atoms with E-state index in [1.165, 1.54) is 59.8 Å². The molecule has 0 aromatic heterocycles. The third-order valence-corrected chi connectivity index (χ3v) is 6.68. The van der Waals surface area contributed by atoms with Crippen molar-refractivity contribution in [1.82, 2.24) is 9.21 Å². The Bertz CT molecular complexity index is 1030. The molecule has 2 aromatic carbocycles. The zero-order valence-corrected chi connectivity index (χ0v) is 17.8. The first-order chi connectivity index (χ1) is 14.8. The number of carbonyl (C=O) groups is 2. The standard InChI is InChI=1S/C21H23FN2O6S/c1-16(25)23-9-11-24(12-10-23)31(27,28)20-4-2-3-17(15-20)21(26)30-14-13-29-19-7-5-18(22)6-8-19/h2-8,15H,9-14H2,1H3. The van der Waals surface area contributed by atoms with Gasteiger partial charge in [-0.15, -0.1) is 0 Å². The predicted octanol–water partition coefficient (Wildman–Crippen LogP) is 1.91. The van der Waals surface area contributed by atoms with Gasteiger partial charge >= 0.3 is 5.97 Å². The van der Waals surface area contributed by atoms with Crippen molar-refractivity contribution in [3.8, 4) is 5.75 Å². The molecule has 0 radical (unpaired) electrons. The maximum absolute atomic E-state index is 12.9. The van der Waals surface area contributed by atoms with Gasteiger partial charge in [0.05, 0.1) is 10.5 Å². The number of nitrogens with zero attached hydrogens (tertiary/aromatic N) is 2. The van der Waals surface area contributed by atoms with Crippen LogP contribution in [0.2, 0.25) is 0 Å². The van der Waals surface area contributed by atoms with Gasteiger partial charge in [0.25, 0.3) is 0 Å². The molecule has 1 aliphatic heterocycles. The van der Waals surface area contributed by atoms with Crippen molar-refractivity contribution in [1.29, 1.82) is 0 Å². The summed E-state index contributed by atoms with van der Waals surface area (Å²) in [6.07, 6.45) is 0. The van der Waals surface area contributed by atoms with Crippen LogP contribution in [0.3, 0.4) is 0 Å². The molecule has 1 fully saturated rings. The van der Waals surface area contributed by atoms with Crippen LogP contribution in [0.5, 0.6) is 5.75 Å². The molecule has 1 aliphatic rings. The first-order valence-corrected chi connectivity index (χ1v) is 11.1. The minimum atomic E-state index is -3.80. The first kappa shape index (κ1) is 22.7. The zero-order chi connectivity index (χ0) is 22.4. The van der Waals surface area contributed by atoms with Crippen molar-refractivity contribution < 1.29 is 31.9 Å². The van der Waals surface area contributed by atoms with Crippen LogP contribution in [0.1, 0.15) is 17.3 Å². The molecule has 8 nitrogen and oxygen atoms in total. The number of carbonyl (C=O) groups excluding carboxylic acids is 2. The smallest absolute Gasteiger partial charge is 0.338 e. The molecule has 166 valence electrons. The highest BCUT2D eigenvalue weighted by atomic mass is 32.2. The van der Waals surface area contributed by atoms with E-state index in [9.17, 15) is 22.4 Å². The van der Waals surface area contributed by atoms with Crippen LogP contribution >= 0.6 is 0 Å². The number of sulfonamides is 1. The molecule has 0 bridgehead atoms. The Labute approximate surface area is 180 Å². The largest absolute Gasteiger partial charge is 0.490 e. The Morgan fingerprint density at radius 2 is 1.68 bits per heavy atom. The van der Waals surface area contributed by atoms with E-state index in [0.717, 1.165) is 0 Å². The Balaban J connectivity index is 1.56. The summed E-state index contributed by atoms with van der Waals surface area (Å²) >= 11 is 0. The molecular formula is C21H23FN2O6S. The number of hydrogen-bond acceptors (Lipinski definition) is 6. The molecule has 10 heteroatoms. The second kappa shape index (κ2) is 9.88. The third-order valence-electron chi connectivity index (χ3n) is 4.79. The van der Waals surface area contributed by atoms with Gasteiger partial charge in [0.2, 0.25) is 15.9 Å². The average molecular weight is 450 g/mol. The lowest BCUT2D eigenvalue weighted by atomic mass is 10.2. The van der Waals surface area contributed by atoms with Gasteiger partial charge in [-0.2, -0.15) is 4.31 Å². The van der Waals surface area contributed by atoms with E-state index in [4.69, 9.17) is 9.47 Å².